The number of hydrogen-bond donors (Lipinski definition) is 1. The Balaban J connectivity index is 1.52. The van der Waals surface area contributed by atoms with Gasteiger partial charge in [0.1, 0.15) is 0 Å². The summed E-state index contributed by atoms with van der Waals surface area (Å²) < 4.78 is 0. The molecule has 2 atom stereocenters. The largest absolute Gasteiger partial charge is 0.305 e. The van der Waals surface area contributed by atoms with Crippen LogP contribution in [-0.4, -0.2) is 11.7 Å². The zero-order chi connectivity index (χ0) is 28.7. The summed E-state index contributed by atoms with van der Waals surface area (Å²) in [5.74, 6) is -0.169. The van der Waals surface area contributed by atoms with Gasteiger partial charge in [0.15, 0.2) is 11.3 Å². The predicted molar refractivity (Wildman–Crippen MR) is 167 cm³/mol. The maximum Gasteiger partial charge on any atom is 0.257 e. The Morgan fingerprint density at radius 2 is 1.40 bits per heavy atom. The van der Waals surface area contributed by atoms with Crippen LogP contribution in [0, 0.1) is 6.92 Å². The van der Waals surface area contributed by atoms with Crippen LogP contribution in [0.1, 0.15) is 44.2 Å². The van der Waals surface area contributed by atoms with Crippen LogP contribution in [0.5, 0.6) is 0 Å². The van der Waals surface area contributed by atoms with Gasteiger partial charge >= 0.3 is 0 Å². The molecule has 0 fully saturated rings. The normalized spacial score (nSPS) is 19.4. The van der Waals surface area contributed by atoms with Gasteiger partial charge in [-0.1, -0.05) is 139 Å². The first kappa shape index (κ1) is 25.9. The van der Waals surface area contributed by atoms with Gasteiger partial charge in [0.05, 0.1) is 18.3 Å². The number of benzene rings is 5. The van der Waals surface area contributed by atoms with Crippen molar-refractivity contribution in [1.29, 1.82) is 0 Å². The van der Waals surface area contributed by atoms with E-state index in [0.29, 0.717) is 17.7 Å². The monoisotopic (exact) mass is 546 g/mol. The zero-order valence-corrected chi connectivity index (χ0v) is 23.3. The van der Waals surface area contributed by atoms with Crippen molar-refractivity contribution in [3.8, 4) is 0 Å². The molecule has 0 aliphatic carbocycles. The highest BCUT2D eigenvalue weighted by atomic mass is 16.2. The predicted octanol–water partition coefficient (Wildman–Crippen LogP) is 7.42. The Morgan fingerprint density at radius 1 is 0.762 bits per heavy atom. The highest BCUT2D eigenvalue weighted by Gasteiger charge is 2.60. The molecule has 4 nitrogen and oxygen atoms in total. The molecular formula is C38H30N2O2. The second-order valence-corrected chi connectivity index (χ2v) is 11.0. The van der Waals surface area contributed by atoms with Crippen LogP contribution in [0.15, 0.2) is 145 Å². The molecule has 0 saturated carbocycles. The van der Waals surface area contributed by atoms with E-state index in [1.807, 2.05) is 145 Å². The quantitative estimate of drug-likeness (QED) is 0.226. The lowest BCUT2D eigenvalue weighted by Gasteiger charge is -2.29. The molecule has 0 aromatic heterocycles. The maximum atomic E-state index is 15.0. The minimum Gasteiger partial charge on any atom is -0.305 e. The molecule has 0 unspecified atom stereocenters. The van der Waals surface area contributed by atoms with E-state index in [2.05, 4.69) is 11.4 Å². The van der Waals surface area contributed by atoms with Crippen LogP contribution in [0.2, 0.25) is 0 Å². The van der Waals surface area contributed by atoms with Crippen LogP contribution >= 0.6 is 0 Å². The third-order valence-corrected chi connectivity index (χ3v) is 8.36. The number of aryl methyl sites for hydroxylation is 1. The van der Waals surface area contributed by atoms with Gasteiger partial charge in [-0.15, -0.1) is 0 Å². The molecule has 5 aromatic carbocycles. The molecule has 0 radical (unpaired) electrons. The van der Waals surface area contributed by atoms with E-state index in [-0.39, 0.29) is 11.7 Å². The third-order valence-electron chi connectivity index (χ3n) is 8.36. The fourth-order valence-electron chi connectivity index (χ4n) is 6.53. The van der Waals surface area contributed by atoms with Crippen molar-refractivity contribution in [2.45, 2.75) is 25.0 Å². The number of anilines is 1. The highest BCUT2D eigenvalue weighted by molar-refractivity contribution is 6.23. The standard InChI is InChI=1S/C38H30N2O2/c1-26-14-13-21-30(24-26)35-33(36(41)29-19-9-4-10-20-29)34(28-17-7-3-8-18-28)38(39-35)31-22-11-12-23-32(31)40(37(38)42)25-27-15-5-2-6-16-27/h2-24,35,39H,25H2,1H3/t35-,38-/m1/s1. The summed E-state index contributed by atoms with van der Waals surface area (Å²) in [4.78, 5) is 31.5. The second kappa shape index (κ2) is 10.4. The van der Waals surface area contributed by atoms with Crippen molar-refractivity contribution >= 4 is 23.0 Å². The molecule has 0 bridgehead atoms. The minimum atomic E-state index is -1.25. The van der Waals surface area contributed by atoms with Gasteiger partial charge in [-0.05, 0) is 29.7 Å². The van der Waals surface area contributed by atoms with E-state index in [1.165, 1.54) is 0 Å². The number of carbonyl (C=O) groups is 2. The molecule has 4 heteroatoms. The maximum absolute atomic E-state index is 15.0. The number of para-hydroxylation sites is 1. The summed E-state index contributed by atoms with van der Waals surface area (Å²) in [7, 11) is 0. The Hall–Kier alpha value is -5.06. The van der Waals surface area contributed by atoms with E-state index in [0.717, 1.165) is 39.1 Å². The van der Waals surface area contributed by atoms with E-state index < -0.39 is 11.6 Å². The van der Waals surface area contributed by atoms with Crippen molar-refractivity contribution in [2.75, 3.05) is 4.90 Å². The van der Waals surface area contributed by atoms with Crippen LogP contribution in [0.4, 0.5) is 5.69 Å². The summed E-state index contributed by atoms with van der Waals surface area (Å²) in [6, 6.07) is 45.0. The number of rotatable bonds is 6. The fraction of sp³-hybridized carbons (Fsp3) is 0.105. The number of amides is 1. The summed E-state index contributed by atoms with van der Waals surface area (Å²) >= 11 is 0. The lowest BCUT2D eigenvalue weighted by molar-refractivity contribution is -0.122. The molecule has 1 spiro atoms. The van der Waals surface area contributed by atoms with Crippen molar-refractivity contribution < 1.29 is 9.59 Å². The van der Waals surface area contributed by atoms with Crippen LogP contribution in [0.3, 0.4) is 0 Å². The van der Waals surface area contributed by atoms with Gasteiger partial charge in [-0.2, -0.15) is 0 Å². The van der Waals surface area contributed by atoms with Gasteiger partial charge in [-0.25, -0.2) is 0 Å². The number of ketones is 1. The van der Waals surface area contributed by atoms with Crippen LogP contribution < -0.4 is 10.2 Å². The summed E-state index contributed by atoms with van der Waals surface area (Å²) in [6.45, 7) is 2.48. The molecule has 42 heavy (non-hydrogen) atoms. The minimum absolute atomic E-state index is 0.0834. The van der Waals surface area contributed by atoms with Gasteiger partial charge < -0.3 is 4.90 Å². The van der Waals surface area contributed by atoms with Gasteiger partial charge in [0.2, 0.25) is 0 Å². The average Bonchev–Trinajstić information content (AvgIpc) is 3.52. The van der Waals surface area contributed by atoms with Gasteiger partial charge in [-0.3, -0.25) is 14.9 Å². The van der Waals surface area contributed by atoms with Crippen molar-refractivity contribution in [2.24, 2.45) is 0 Å². The van der Waals surface area contributed by atoms with E-state index in [9.17, 15) is 4.79 Å². The third kappa shape index (κ3) is 4.11. The summed E-state index contributed by atoms with van der Waals surface area (Å²) in [5.41, 5.74) is 6.30. The van der Waals surface area contributed by atoms with Gasteiger partial charge in [0.25, 0.3) is 5.91 Å². The first-order valence-electron chi connectivity index (χ1n) is 14.3. The first-order valence-corrected chi connectivity index (χ1v) is 14.3. The highest BCUT2D eigenvalue weighted by Crippen LogP contribution is 2.56. The van der Waals surface area contributed by atoms with Crippen molar-refractivity contribution in [3.63, 3.8) is 0 Å². The Labute approximate surface area is 246 Å². The number of fused-ring (bicyclic) bond motifs is 2. The van der Waals surface area contributed by atoms with Gasteiger partial charge in [0, 0.05) is 22.3 Å². The smallest absolute Gasteiger partial charge is 0.257 e. The molecule has 0 saturated heterocycles. The fourth-order valence-corrected chi connectivity index (χ4v) is 6.53. The molecule has 1 amide bonds. The number of hydrogen-bond acceptors (Lipinski definition) is 3. The molecule has 1 N–H and O–H groups in total. The lowest BCUT2D eigenvalue weighted by atomic mass is 9.78. The first-order chi connectivity index (χ1) is 20.6. The second-order valence-electron chi connectivity index (χ2n) is 11.0. The summed E-state index contributed by atoms with van der Waals surface area (Å²) in [6.07, 6.45) is 0. The number of Topliss-reactive ketones (excluding diaryl/α,β-unsaturated/α-hetero) is 1. The number of carbonyl (C=O) groups excluding carboxylic acids is 2. The molecule has 5 aromatic rings. The molecular weight excluding hydrogens is 516 g/mol. The molecule has 2 aliphatic heterocycles. The van der Waals surface area contributed by atoms with E-state index in [1.54, 1.807) is 0 Å². The molecule has 204 valence electrons. The van der Waals surface area contributed by atoms with Crippen LogP contribution in [-0.2, 0) is 16.9 Å². The molecule has 2 aliphatic rings. The number of nitrogens with zero attached hydrogens (tertiary/aromatic N) is 1. The Kier molecular flexibility index (Phi) is 6.41. The SMILES string of the molecule is Cc1cccc([C@H]2N[C@@]3(C(=O)N(Cc4ccccc4)c4ccccc43)C(c3ccccc3)=C2C(=O)c2ccccc2)c1. The molecule has 2 heterocycles. The summed E-state index contributed by atoms with van der Waals surface area (Å²) in [5, 5.41) is 3.79. The zero-order valence-electron chi connectivity index (χ0n) is 23.3. The van der Waals surface area contributed by atoms with Crippen molar-refractivity contribution in [1.82, 2.24) is 5.32 Å². The Bertz CT molecular complexity index is 1830. The van der Waals surface area contributed by atoms with E-state index in [4.69, 9.17) is 0 Å². The average molecular weight is 547 g/mol. The van der Waals surface area contributed by atoms with E-state index >= 15 is 4.79 Å². The topological polar surface area (TPSA) is 49.4 Å². The van der Waals surface area contributed by atoms with Crippen LogP contribution in [0.25, 0.3) is 5.57 Å². The number of nitrogens with one attached hydrogen (secondary N) is 1. The van der Waals surface area contributed by atoms with Crippen molar-refractivity contribution in [3.05, 3.63) is 178 Å². The lowest BCUT2D eigenvalue weighted by Crippen LogP contribution is -2.49. The Morgan fingerprint density at radius 3 is 2.12 bits per heavy atom. The molecule has 7 rings (SSSR count).